The smallest absolute Gasteiger partial charge is 0.270 e. The molecular weight excluding hydrogens is 224 g/mol. The topological polar surface area (TPSA) is 42.0 Å². The summed E-state index contributed by atoms with van der Waals surface area (Å²) in [6.07, 6.45) is 4.55. The van der Waals surface area contributed by atoms with Crippen molar-refractivity contribution in [2.45, 2.75) is 38.6 Å². The van der Waals surface area contributed by atoms with E-state index in [0.29, 0.717) is 16.9 Å². The molecule has 1 aromatic heterocycles. The third-order valence-corrected chi connectivity index (χ3v) is 3.18. The van der Waals surface area contributed by atoms with E-state index in [1.807, 2.05) is 13.0 Å². The van der Waals surface area contributed by atoms with Crippen LogP contribution in [-0.2, 0) is 0 Å². The van der Waals surface area contributed by atoms with Crippen molar-refractivity contribution in [2.75, 3.05) is 0 Å². The highest BCUT2D eigenvalue weighted by molar-refractivity contribution is 6.29. The molecule has 1 N–H and O–H groups in total. The maximum absolute atomic E-state index is 11.9. The average Bonchev–Trinajstić information content (AvgIpc) is 2.74. The van der Waals surface area contributed by atoms with E-state index < -0.39 is 0 Å². The number of nitrogens with zero attached hydrogens (tertiary/aromatic N) is 1. The molecule has 1 aliphatic carbocycles. The lowest BCUT2D eigenvalue weighted by Crippen LogP contribution is -2.33. The Kier molecular flexibility index (Phi) is 3.44. The van der Waals surface area contributed by atoms with Gasteiger partial charge in [-0.1, -0.05) is 30.5 Å². The van der Waals surface area contributed by atoms with Gasteiger partial charge in [0.2, 0.25) is 0 Å². The summed E-state index contributed by atoms with van der Waals surface area (Å²) in [4.78, 5) is 16.0. The summed E-state index contributed by atoms with van der Waals surface area (Å²) in [5.74, 6) is -0.105. The second-order valence-electron chi connectivity index (χ2n) is 4.25. The van der Waals surface area contributed by atoms with Gasteiger partial charge in [-0.25, -0.2) is 4.98 Å². The lowest BCUT2D eigenvalue weighted by molar-refractivity contribution is 0.0932. The predicted octanol–water partition coefficient (Wildman–Crippen LogP) is 2.72. The molecule has 1 heterocycles. The molecule has 0 atom stereocenters. The summed E-state index contributed by atoms with van der Waals surface area (Å²) in [5.41, 5.74) is 1.30. The lowest BCUT2D eigenvalue weighted by Gasteiger charge is -2.12. The van der Waals surface area contributed by atoms with Crippen LogP contribution in [0, 0.1) is 6.92 Å². The van der Waals surface area contributed by atoms with Gasteiger partial charge in [-0.2, -0.15) is 0 Å². The van der Waals surface area contributed by atoms with E-state index in [4.69, 9.17) is 11.6 Å². The van der Waals surface area contributed by atoms with Crippen molar-refractivity contribution in [1.29, 1.82) is 0 Å². The zero-order valence-electron chi connectivity index (χ0n) is 9.29. The number of rotatable bonds is 2. The van der Waals surface area contributed by atoms with Crippen molar-refractivity contribution < 1.29 is 4.79 Å². The fourth-order valence-electron chi connectivity index (χ4n) is 2.06. The predicted molar refractivity (Wildman–Crippen MR) is 63.7 cm³/mol. The van der Waals surface area contributed by atoms with Crippen LogP contribution in [0.5, 0.6) is 0 Å². The van der Waals surface area contributed by atoms with Crippen LogP contribution in [0.4, 0.5) is 0 Å². The van der Waals surface area contributed by atoms with Gasteiger partial charge in [-0.05, 0) is 31.4 Å². The number of aromatic nitrogens is 1. The molecule has 4 heteroatoms. The zero-order valence-corrected chi connectivity index (χ0v) is 10.0. The van der Waals surface area contributed by atoms with Crippen LogP contribution < -0.4 is 5.32 Å². The third kappa shape index (κ3) is 2.53. The van der Waals surface area contributed by atoms with Gasteiger partial charge in [0.1, 0.15) is 10.8 Å². The van der Waals surface area contributed by atoms with Crippen molar-refractivity contribution in [3.8, 4) is 0 Å². The minimum atomic E-state index is -0.105. The maximum atomic E-state index is 11.9. The molecule has 1 amide bonds. The number of hydrogen-bond donors (Lipinski definition) is 1. The number of amides is 1. The molecule has 0 radical (unpaired) electrons. The van der Waals surface area contributed by atoms with Gasteiger partial charge >= 0.3 is 0 Å². The minimum absolute atomic E-state index is 0.105. The number of nitrogens with one attached hydrogen (secondary N) is 1. The van der Waals surface area contributed by atoms with Crippen LogP contribution in [-0.4, -0.2) is 16.9 Å². The fourth-order valence-corrected chi connectivity index (χ4v) is 2.21. The highest BCUT2D eigenvalue weighted by Gasteiger charge is 2.19. The van der Waals surface area contributed by atoms with Crippen molar-refractivity contribution in [1.82, 2.24) is 10.3 Å². The molecule has 1 saturated carbocycles. The molecule has 0 spiro atoms. The minimum Gasteiger partial charge on any atom is -0.348 e. The van der Waals surface area contributed by atoms with Gasteiger partial charge in [-0.3, -0.25) is 4.79 Å². The first kappa shape index (κ1) is 11.4. The summed E-state index contributed by atoms with van der Waals surface area (Å²) in [7, 11) is 0. The normalized spacial score (nSPS) is 16.4. The number of halogens is 1. The standard InChI is InChI=1S/C12H15ClN2O/c1-8-6-7-10(13)15-11(8)12(16)14-9-4-2-3-5-9/h6-7,9H,2-5H2,1H3,(H,14,16). The molecule has 0 unspecified atom stereocenters. The van der Waals surface area contributed by atoms with Crippen molar-refractivity contribution in [3.63, 3.8) is 0 Å². The number of hydrogen-bond acceptors (Lipinski definition) is 2. The Bertz CT molecular complexity index is 400. The summed E-state index contributed by atoms with van der Waals surface area (Å²) in [6.45, 7) is 1.87. The van der Waals surface area contributed by atoms with E-state index in [9.17, 15) is 4.79 Å². The SMILES string of the molecule is Cc1ccc(Cl)nc1C(=O)NC1CCCC1. The number of carbonyl (C=O) groups is 1. The Morgan fingerprint density at radius 2 is 2.12 bits per heavy atom. The molecule has 0 aliphatic heterocycles. The van der Waals surface area contributed by atoms with Gasteiger partial charge in [0.15, 0.2) is 0 Å². The summed E-state index contributed by atoms with van der Waals surface area (Å²) in [6, 6.07) is 3.83. The van der Waals surface area contributed by atoms with E-state index in [-0.39, 0.29) is 5.91 Å². The number of carbonyl (C=O) groups excluding carboxylic acids is 1. The van der Waals surface area contributed by atoms with E-state index in [1.165, 1.54) is 12.8 Å². The first-order valence-electron chi connectivity index (χ1n) is 5.61. The largest absolute Gasteiger partial charge is 0.348 e. The van der Waals surface area contributed by atoms with E-state index in [2.05, 4.69) is 10.3 Å². The molecular formula is C12H15ClN2O. The third-order valence-electron chi connectivity index (χ3n) is 2.97. The number of pyridine rings is 1. The molecule has 0 aromatic carbocycles. The summed E-state index contributed by atoms with van der Waals surface area (Å²) < 4.78 is 0. The molecule has 16 heavy (non-hydrogen) atoms. The Morgan fingerprint density at radius 1 is 1.44 bits per heavy atom. The van der Waals surface area contributed by atoms with Crippen LogP contribution in [0.2, 0.25) is 5.15 Å². The Balaban J connectivity index is 2.10. The number of aryl methyl sites for hydroxylation is 1. The van der Waals surface area contributed by atoms with Gasteiger partial charge < -0.3 is 5.32 Å². The highest BCUT2D eigenvalue weighted by Crippen LogP contribution is 2.18. The molecule has 86 valence electrons. The molecule has 1 aromatic rings. The van der Waals surface area contributed by atoms with Crippen LogP contribution in [0.3, 0.4) is 0 Å². The lowest BCUT2D eigenvalue weighted by atomic mass is 10.2. The molecule has 1 aliphatic rings. The molecule has 2 rings (SSSR count). The molecule has 1 fully saturated rings. The zero-order chi connectivity index (χ0) is 11.5. The van der Waals surface area contributed by atoms with Crippen LogP contribution in [0.1, 0.15) is 41.7 Å². The highest BCUT2D eigenvalue weighted by atomic mass is 35.5. The van der Waals surface area contributed by atoms with Gasteiger partial charge in [0.05, 0.1) is 0 Å². The monoisotopic (exact) mass is 238 g/mol. The van der Waals surface area contributed by atoms with Gasteiger partial charge in [0, 0.05) is 6.04 Å². The first-order chi connectivity index (χ1) is 7.66. The Hall–Kier alpha value is -1.09. The van der Waals surface area contributed by atoms with E-state index in [1.54, 1.807) is 6.07 Å². The first-order valence-corrected chi connectivity index (χ1v) is 5.98. The summed E-state index contributed by atoms with van der Waals surface area (Å²) in [5, 5.41) is 3.37. The van der Waals surface area contributed by atoms with Crippen LogP contribution in [0.15, 0.2) is 12.1 Å². The van der Waals surface area contributed by atoms with Crippen molar-refractivity contribution in [2.24, 2.45) is 0 Å². The second-order valence-corrected chi connectivity index (χ2v) is 4.64. The van der Waals surface area contributed by atoms with Crippen molar-refractivity contribution >= 4 is 17.5 Å². The van der Waals surface area contributed by atoms with Gasteiger partial charge in [0.25, 0.3) is 5.91 Å². The van der Waals surface area contributed by atoms with Crippen molar-refractivity contribution in [3.05, 3.63) is 28.5 Å². The average molecular weight is 239 g/mol. The van der Waals surface area contributed by atoms with E-state index in [0.717, 1.165) is 18.4 Å². The Morgan fingerprint density at radius 3 is 2.81 bits per heavy atom. The quantitative estimate of drug-likeness (QED) is 0.805. The molecule has 3 nitrogen and oxygen atoms in total. The van der Waals surface area contributed by atoms with Gasteiger partial charge in [-0.15, -0.1) is 0 Å². The molecule has 0 saturated heterocycles. The second kappa shape index (κ2) is 4.83. The maximum Gasteiger partial charge on any atom is 0.270 e. The fraction of sp³-hybridized carbons (Fsp3) is 0.500. The van der Waals surface area contributed by atoms with Crippen LogP contribution >= 0.6 is 11.6 Å². The Labute approximate surface area is 100 Å². The van der Waals surface area contributed by atoms with Crippen LogP contribution in [0.25, 0.3) is 0 Å². The van der Waals surface area contributed by atoms with E-state index >= 15 is 0 Å². The summed E-state index contributed by atoms with van der Waals surface area (Å²) >= 11 is 5.79. The molecule has 0 bridgehead atoms.